The Balaban J connectivity index is -0.000000405. The Bertz CT molecular complexity index is 134. The minimum absolute atomic E-state index is 0. The Labute approximate surface area is 70.1 Å². The van der Waals surface area contributed by atoms with Gasteiger partial charge in [-0.15, -0.1) is 0 Å². The van der Waals surface area contributed by atoms with Crippen LogP contribution >= 0.6 is 0 Å². The molecule has 0 bridgehead atoms. The van der Waals surface area contributed by atoms with Crippen molar-refractivity contribution in [3.05, 3.63) is 0 Å². The summed E-state index contributed by atoms with van der Waals surface area (Å²) in [6, 6.07) is 0. The molecule has 0 aliphatic carbocycles. The number of aliphatic carboxylic acids is 2. The van der Waals surface area contributed by atoms with Crippen LogP contribution in [0.1, 0.15) is 0 Å². The standard InChI is InChI=1S/C5H9NO4.2H3N/c1-6(2-4(7)8)3-5(9)10;;/h2-3H2,1H3,(H,7,8)(H,9,10);2*1H3. The van der Waals surface area contributed by atoms with Gasteiger partial charge in [-0.1, -0.05) is 0 Å². The molecule has 7 heteroatoms. The molecule has 0 saturated heterocycles. The van der Waals surface area contributed by atoms with Gasteiger partial charge in [0.2, 0.25) is 0 Å². The van der Waals surface area contributed by atoms with Crippen LogP contribution in [0.25, 0.3) is 0 Å². The molecule has 0 aromatic rings. The molecule has 0 amide bonds. The highest BCUT2D eigenvalue weighted by atomic mass is 16.4. The predicted octanol–water partition coefficient (Wildman–Crippen LogP) is -2.83. The second-order valence-electron chi connectivity index (χ2n) is 1.92. The fourth-order valence-corrected chi connectivity index (χ4v) is 0.497. The first-order valence-electron chi connectivity index (χ1n) is 2.60. The lowest BCUT2D eigenvalue weighted by Crippen LogP contribution is -2.42. The van der Waals surface area contributed by atoms with E-state index in [9.17, 15) is 19.8 Å². The minimum atomic E-state index is -1.30. The maximum atomic E-state index is 9.83. The van der Waals surface area contributed by atoms with Gasteiger partial charge in [-0.25, -0.2) is 0 Å². The summed E-state index contributed by atoms with van der Waals surface area (Å²) in [6.45, 7) is -0.790. The monoisotopic (exact) mass is 181 g/mol. The van der Waals surface area contributed by atoms with Crippen molar-refractivity contribution in [2.45, 2.75) is 0 Å². The van der Waals surface area contributed by atoms with Gasteiger partial charge in [-0.3, -0.25) is 4.90 Å². The number of rotatable bonds is 4. The van der Waals surface area contributed by atoms with Gasteiger partial charge in [0.25, 0.3) is 0 Å². The highest BCUT2D eigenvalue weighted by molar-refractivity contribution is 5.70. The van der Waals surface area contributed by atoms with Crippen LogP contribution in [-0.2, 0) is 9.59 Å². The third-order valence-corrected chi connectivity index (χ3v) is 0.798. The van der Waals surface area contributed by atoms with Crippen molar-refractivity contribution < 1.29 is 19.8 Å². The first-order chi connectivity index (χ1) is 4.52. The van der Waals surface area contributed by atoms with E-state index in [1.807, 2.05) is 0 Å². The number of carboxylic acids is 2. The number of likely N-dealkylation sites (N-methyl/N-ethyl adjacent to an activating group) is 1. The van der Waals surface area contributed by atoms with E-state index in [0.29, 0.717) is 0 Å². The zero-order chi connectivity index (χ0) is 8.15. The van der Waals surface area contributed by atoms with Gasteiger partial charge < -0.3 is 32.1 Å². The normalized spacial score (nSPS) is 8.17. The zero-order valence-electron chi connectivity index (χ0n) is 7.49. The van der Waals surface area contributed by atoms with Gasteiger partial charge in [-0.2, -0.15) is 0 Å². The lowest BCUT2D eigenvalue weighted by atomic mass is 10.5. The van der Waals surface area contributed by atoms with E-state index in [4.69, 9.17) is 0 Å². The smallest absolute Gasteiger partial charge is 0.0555 e. The van der Waals surface area contributed by atoms with E-state index in [1.165, 1.54) is 7.05 Å². The van der Waals surface area contributed by atoms with E-state index in [0.717, 1.165) is 4.90 Å². The summed E-state index contributed by atoms with van der Waals surface area (Å²) >= 11 is 0. The molecular weight excluding hydrogens is 166 g/mol. The maximum Gasteiger partial charge on any atom is 0.0555 e. The largest absolute Gasteiger partial charge is 0.549 e. The summed E-state index contributed by atoms with van der Waals surface area (Å²) in [6.07, 6.45) is 0. The van der Waals surface area contributed by atoms with E-state index in [1.54, 1.807) is 0 Å². The Hall–Kier alpha value is -1.18. The third kappa shape index (κ3) is 11.6. The number of carboxylic acid groups (broad SMARTS) is 2. The Morgan fingerprint density at radius 2 is 1.33 bits per heavy atom. The molecule has 0 radical (unpaired) electrons. The zero-order valence-corrected chi connectivity index (χ0v) is 7.49. The van der Waals surface area contributed by atoms with Gasteiger partial charge in [0.15, 0.2) is 0 Å². The molecule has 7 nitrogen and oxygen atoms in total. The van der Waals surface area contributed by atoms with Gasteiger partial charge >= 0.3 is 0 Å². The molecule has 0 rings (SSSR count). The van der Waals surface area contributed by atoms with Gasteiger partial charge in [0, 0.05) is 13.1 Å². The van der Waals surface area contributed by atoms with Crippen molar-refractivity contribution in [1.29, 1.82) is 0 Å². The average molecular weight is 181 g/mol. The van der Waals surface area contributed by atoms with Crippen molar-refractivity contribution >= 4 is 11.9 Å². The second-order valence-corrected chi connectivity index (χ2v) is 1.92. The van der Waals surface area contributed by atoms with Crippen LogP contribution in [0.5, 0.6) is 0 Å². The molecule has 0 fully saturated rings. The number of carbonyl (C=O) groups is 2. The number of quaternary nitrogens is 2. The fourth-order valence-electron chi connectivity index (χ4n) is 0.497. The quantitative estimate of drug-likeness (QED) is 0.477. The van der Waals surface area contributed by atoms with Crippen LogP contribution in [0.4, 0.5) is 0 Å². The summed E-state index contributed by atoms with van der Waals surface area (Å²) in [5, 5.41) is 19.7. The van der Waals surface area contributed by atoms with Crippen molar-refractivity contribution in [3.63, 3.8) is 0 Å². The molecule has 8 N–H and O–H groups in total. The molecule has 0 aromatic heterocycles. The van der Waals surface area contributed by atoms with E-state index in [-0.39, 0.29) is 12.3 Å². The topological polar surface area (TPSA) is 156 Å². The molecule has 0 saturated carbocycles. The predicted molar refractivity (Wildman–Crippen MR) is 39.5 cm³/mol. The number of hydrogen-bond donors (Lipinski definition) is 2. The minimum Gasteiger partial charge on any atom is -0.549 e. The van der Waals surface area contributed by atoms with E-state index in [2.05, 4.69) is 0 Å². The van der Waals surface area contributed by atoms with Gasteiger partial charge in [-0.05, 0) is 7.05 Å². The van der Waals surface area contributed by atoms with Crippen LogP contribution in [0, 0.1) is 0 Å². The molecule has 74 valence electrons. The Kier molecular flexibility index (Phi) is 11.3. The van der Waals surface area contributed by atoms with Crippen molar-refractivity contribution in [2.75, 3.05) is 20.1 Å². The van der Waals surface area contributed by atoms with Gasteiger partial charge in [0.1, 0.15) is 0 Å². The molecule has 12 heavy (non-hydrogen) atoms. The molecular formula is C5H15N3O4. The molecule has 0 aliphatic heterocycles. The number of hydrogen-bond acceptors (Lipinski definition) is 5. The Morgan fingerprint density at radius 3 is 1.50 bits per heavy atom. The third-order valence-electron chi connectivity index (χ3n) is 0.798. The van der Waals surface area contributed by atoms with Crippen LogP contribution in [-0.4, -0.2) is 37.0 Å². The van der Waals surface area contributed by atoms with E-state index < -0.39 is 25.0 Å². The van der Waals surface area contributed by atoms with Crippen molar-refractivity contribution in [1.82, 2.24) is 17.2 Å². The summed E-state index contributed by atoms with van der Waals surface area (Å²) in [5.41, 5.74) is 0. The van der Waals surface area contributed by atoms with Crippen molar-refractivity contribution in [2.24, 2.45) is 0 Å². The molecule has 0 spiro atoms. The van der Waals surface area contributed by atoms with Crippen LogP contribution in [0.3, 0.4) is 0 Å². The number of carbonyl (C=O) groups excluding carboxylic acids is 2. The number of nitrogens with zero attached hydrogens (tertiary/aromatic N) is 1. The van der Waals surface area contributed by atoms with Crippen LogP contribution in [0.15, 0.2) is 0 Å². The Morgan fingerprint density at radius 1 is 1.08 bits per heavy atom. The molecule has 0 aromatic carbocycles. The van der Waals surface area contributed by atoms with E-state index >= 15 is 0 Å². The second kappa shape index (κ2) is 7.92. The summed E-state index contributed by atoms with van der Waals surface area (Å²) in [7, 11) is 1.35. The molecule has 0 unspecified atom stereocenters. The first kappa shape index (κ1) is 17.1. The maximum absolute atomic E-state index is 9.83. The SMILES string of the molecule is CN(CC(=O)[O-])CC(=O)[O-].[NH4+].[NH4+]. The molecule has 0 atom stereocenters. The van der Waals surface area contributed by atoms with Gasteiger partial charge in [0.05, 0.1) is 11.9 Å². The highest BCUT2D eigenvalue weighted by Crippen LogP contribution is 1.76. The lowest BCUT2D eigenvalue weighted by molar-refractivity contribution is -0.309. The lowest BCUT2D eigenvalue weighted by Gasteiger charge is -2.16. The summed E-state index contributed by atoms with van der Waals surface area (Å²) in [4.78, 5) is 20.7. The first-order valence-corrected chi connectivity index (χ1v) is 2.60. The highest BCUT2D eigenvalue weighted by Gasteiger charge is 1.96. The summed E-state index contributed by atoms with van der Waals surface area (Å²) < 4.78 is 0. The molecule has 0 aliphatic rings. The molecule has 0 heterocycles. The fraction of sp³-hybridized carbons (Fsp3) is 0.600. The van der Waals surface area contributed by atoms with Crippen LogP contribution < -0.4 is 22.5 Å². The summed E-state index contributed by atoms with van der Waals surface area (Å²) in [5.74, 6) is -2.60. The average Bonchev–Trinajstić information content (AvgIpc) is 1.58. The van der Waals surface area contributed by atoms with Crippen LogP contribution in [0.2, 0.25) is 0 Å². The van der Waals surface area contributed by atoms with Crippen molar-refractivity contribution in [3.8, 4) is 0 Å².